The van der Waals surface area contributed by atoms with Crippen molar-refractivity contribution in [2.24, 2.45) is 11.7 Å². The number of primary amides is 1. The summed E-state index contributed by atoms with van der Waals surface area (Å²) in [4.78, 5) is 25.6. The molecule has 1 aliphatic carbocycles. The topological polar surface area (TPSA) is 75.4 Å². The second-order valence-electron chi connectivity index (χ2n) is 5.77. The van der Waals surface area contributed by atoms with Crippen LogP contribution in [0.25, 0.3) is 0 Å². The molecule has 1 aliphatic heterocycles. The van der Waals surface area contributed by atoms with Crippen LogP contribution in [0, 0.1) is 5.92 Å². The van der Waals surface area contributed by atoms with Crippen molar-refractivity contribution in [3.05, 3.63) is 0 Å². The number of amides is 2. The van der Waals surface area contributed by atoms with Gasteiger partial charge in [0.1, 0.15) is 0 Å². The molecule has 3 N–H and O–H groups in total. The number of carbonyl (C=O) groups is 2. The van der Waals surface area contributed by atoms with Crippen molar-refractivity contribution in [2.45, 2.75) is 51.0 Å². The standard InChI is InChI=1S/C14H25N3O2/c15-13(18)10-17(12-7-4-8-16-9-12)14(19)11-5-2-1-3-6-11/h11-12,16H,1-10H2,(H2,15,18). The Hall–Kier alpha value is -1.10. The molecular formula is C14H25N3O2. The summed E-state index contributed by atoms with van der Waals surface area (Å²) in [6.07, 6.45) is 7.44. The van der Waals surface area contributed by atoms with Crippen molar-refractivity contribution in [3.63, 3.8) is 0 Å². The number of nitrogens with one attached hydrogen (secondary N) is 1. The molecule has 2 amide bonds. The highest BCUT2D eigenvalue weighted by atomic mass is 16.2. The largest absolute Gasteiger partial charge is 0.368 e. The Balaban J connectivity index is 2.02. The van der Waals surface area contributed by atoms with Gasteiger partial charge in [0, 0.05) is 18.5 Å². The van der Waals surface area contributed by atoms with Crippen LogP contribution in [0.5, 0.6) is 0 Å². The van der Waals surface area contributed by atoms with Crippen LogP contribution >= 0.6 is 0 Å². The molecule has 2 fully saturated rings. The van der Waals surface area contributed by atoms with E-state index >= 15 is 0 Å². The van der Waals surface area contributed by atoms with Gasteiger partial charge in [-0.1, -0.05) is 19.3 Å². The van der Waals surface area contributed by atoms with Gasteiger partial charge in [0.25, 0.3) is 0 Å². The van der Waals surface area contributed by atoms with E-state index in [2.05, 4.69) is 5.32 Å². The molecule has 0 radical (unpaired) electrons. The van der Waals surface area contributed by atoms with E-state index in [1.807, 2.05) is 0 Å². The van der Waals surface area contributed by atoms with Crippen molar-refractivity contribution in [1.29, 1.82) is 0 Å². The lowest BCUT2D eigenvalue weighted by Gasteiger charge is -2.37. The van der Waals surface area contributed by atoms with E-state index in [0.717, 1.165) is 51.6 Å². The van der Waals surface area contributed by atoms with Gasteiger partial charge in [0.2, 0.25) is 11.8 Å². The fourth-order valence-electron chi connectivity index (χ4n) is 3.24. The molecule has 1 saturated carbocycles. The summed E-state index contributed by atoms with van der Waals surface area (Å²) in [7, 11) is 0. The minimum absolute atomic E-state index is 0.0711. The van der Waals surface area contributed by atoms with Crippen LogP contribution in [0.3, 0.4) is 0 Å². The second-order valence-corrected chi connectivity index (χ2v) is 5.77. The smallest absolute Gasteiger partial charge is 0.237 e. The molecule has 1 saturated heterocycles. The fraction of sp³-hybridized carbons (Fsp3) is 0.857. The molecule has 0 spiro atoms. The third kappa shape index (κ3) is 3.93. The molecule has 0 aromatic rings. The Bertz CT molecular complexity index is 321. The zero-order valence-corrected chi connectivity index (χ0v) is 11.6. The molecule has 19 heavy (non-hydrogen) atoms. The maximum Gasteiger partial charge on any atom is 0.237 e. The summed E-state index contributed by atoms with van der Waals surface area (Å²) in [5.41, 5.74) is 5.31. The first-order valence-corrected chi connectivity index (χ1v) is 7.48. The first-order valence-electron chi connectivity index (χ1n) is 7.48. The monoisotopic (exact) mass is 267 g/mol. The van der Waals surface area contributed by atoms with Crippen molar-refractivity contribution in [3.8, 4) is 0 Å². The molecule has 2 aliphatic rings. The van der Waals surface area contributed by atoms with Crippen LogP contribution in [0.15, 0.2) is 0 Å². The minimum Gasteiger partial charge on any atom is -0.368 e. The first kappa shape index (κ1) is 14.3. The van der Waals surface area contributed by atoms with E-state index in [-0.39, 0.29) is 24.4 Å². The Kier molecular flexibility index (Phi) is 5.19. The van der Waals surface area contributed by atoms with Gasteiger partial charge in [0.05, 0.1) is 6.54 Å². The molecule has 1 atom stereocenters. The van der Waals surface area contributed by atoms with Gasteiger partial charge in [-0.2, -0.15) is 0 Å². The summed E-state index contributed by atoms with van der Waals surface area (Å²) >= 11 is 0. The Morgan fingerprint density at radius 1 is 1.11 bits per heavy atom. The van der Waals surface area contributed by atoms with E-state index in [1.165, 1.54) is 6.42 Å². The highest BCUT2D eigenvalue weighted by molar-refractivity contribution is 5.85. The van der Waals surface area contributed by atoms with Gasteiger partial charge < -0.3 is 16.0 Å². The third-order valence-corrected chi connectivity index (χ3v) is 4.28. The van der Waals surface area contributed by atoms with Crippen LogP contribution in [0.2, 0.25) is 0 Å². The van der Waals surface area contributed by atoms with E-state index in [1.54, 1.807) is 4.90 Å². The lowest BCUT2D eigenvalue weighted by atomic mass is 9.87. The average molecular weight is 267 g/mol. The zero-order valence-electron chi connectivity index (χ0n) is 11.6. The van der Waals surface area contributed by atoms with Gasteiger partial charge in [-0.05, 0) is 32.2 Å². The summed E-state index contributed by atoms with van der Waals surface area (Å²) in [5, 5.41) is 3.30. The maximum atomic E-state index is 12.6. The third-order valence-electron chi connectivity index (χ3n) is 4.28. The lowest BCUT2D eigenvalue weighted by molar-refractivity contribution is -0.142. The summed E-state index contributed by atoms with van der Waals surface area (Å²) < 4.78 is 0. The number of piperidine rings is 1. The van der Waals surface area contributed by atoms with Crippen LogP contribution < -0.4 is 11.1 Å². The summed E-state index contributed by atoms with van der Waals surface area (Å²) in [5.74, 6) is -0.156. The van der Waals surface area contributed by atoms with E-state index in [4.69, 9.17) is 5.73 Å². The van der Waals surface area contributed by atoms with E-state index in [0.29, 0.717) is 0 Å². The molecule has 1 unspecified atom stereocenters. The highest BCUT2D eigenvalue weighted by Gasteiger charge is 2.31. The molecule has 0 aromatic carbocycles. The highest BCUT2D eigenvalue weighted by Crippen LogP contribution is 2.26. The number of nitrogens with zero attached hydrogens (tertiary/aromatic N) is 1. The van der Waals surface area contributed by atoms with E-state index in [9.17, 15) is 9.59 Å². The van der Waals surface area contributed by atoms with Crippen molar-refractivity contribution in [2.75, 3.05) is 19.6 Å². The van der Waals surface area contributed by atoms with Crippen LogP contribution in [-0.4, -0.2) is 42.4 Å². The molecule has 2 rings (SSSR count). The maximum absolute atomic E-state index is 12.6. The van der Waals surface area contributed by atoms with Gasteiger partial charge in [-0.25, -0.2) is 0 Å². The van der Waals surface area contributed by atoms with Crippen LogP contribution in [0.4, 0.5) is 0 Å². The predicted molar refractivity (Wildman–Crippen MR) is 73.4 cm³/mol. The molecule has 0 aromatic heterocycles. The fourth-order valence-corrected chi connectivity index (χ4v) is 3.24. The number of hydrogen-bond donors (Lipinski definition) is 2. The number of hydrogen-bond acceptors (Lipinski definition) is 3. The van der Waals surface area contributed by atoms with Gasteiger partial charge in [0.15, 0.2) is 0 Å². The molecule has 5 heteroatoms. The Morgan fingerprint density at radius 3 is 2.42 bits per heavy atom. The minimum atomic E-state index is -0.408. The molecule has 1 heterocycles. The van der Waals surface area contributed by atoms with Gasteiger partial charge >= 0.3 is 0 Å². The zero-order chi connectivity index (χ0) is 13.7. The summed E-state index contributed by atoms with van der Waals surface area (Å²) in [6.45, 7) is 1.85. The average Bonchev–Trinajstić information content (AvgIpc) is 2.46. The SMILES string of the molecule is NC(=O)CN(C(=O)C1CCCCC1)C1CCCNC1. The normalized spacial score (nSPS) is 24.9. The molecular weight excluding hydrogens is 242 g/mol. The van der Waals surface area contributed by atoms with Crippen molar-refractivity contribution < 1.29 is 9.59 Å². The first-order chi connectivity index (χ1) is 9.18. The summed E-state index contributed by atoms with van der Waals surface area (Å²) in [6, 6.07) is 0.135. The van der Waals surface area contributed by atoms with Crippen LogP contribution in [0.1, 0.15) is 44.9 Å². The second kappa shape index (κ2) is 6.89. The van der Waals surface area contributed by atoms with Crippen molar-refractivity contribution >= 4 is 11.8 Å². The molecule has 108 valence electrons. The number of rotatable bonds is 4. The molecule has 0 bridgehead atoms. The van der Waals surface area contributed by atoms with Gasteiger partial charge in [-0.15, -0.1) is 0 Å². The van der Waals surface area contributed by atoms with Gasteiger partial charge in [-0.3, -0.25) is 9.59 Å². The number of nitrogens with two attached hydrogens (primary N) is 1. The quantitative estimate of drug-likeness (QED) is 0.784. The Morgan fingerprint density at radius 2 is 1.84 bits per heavy atom. The molecule has 5 nitrogen and oxygen atoms in total. The van der Waals surface area contributed by atoms with E-state index < -0.39 is 5.91 Å². The predicted octanol–water partition coefficient (Wildman–Crippen LogP) is 0.633. The lowest BCUT2D eigenvalue weighted by Crippen LogP contribution is -2.53. The Labute approximate surface area is 114 Å². The van der Waals surface area contributed by atoms with Crippen LogP contribution in [-0.2, 0) is 9.59 Å². The number of carbonyl (C=O) groups excluding carboxylic acids is 2. The van der Waals surface area contributed by atoms with Crippen molar-refractivity contribution in [1.82, 2.24) is 10.2 Å².